The van der Waals surface area contributed by atoms with E-state index in [1.807, 2.05) is 31.2 Å². The summed E-state index contributed by atoms with van der Waals surface area (Å²) < 4.78 is 1.01. The van der Waals surface area contributed by atoms with Crippen molar-refractivity contribution in [2.45, 2.75) is 44.6 Å². The van der Waals surface area contributed by atoms with Gasteiger partial charge in [-0.3, -0.25) is 0 Å². The van der Waals surface area contributed by atoms with Crippen LogP contribution in [0.5, 0.6) is 0 Å². The van der Waals surface area contributed by atoms with Gasteiger partial charge in [-0.2, -0.15) is 0 Å². The van der Waals surface area contributed by atoms with E-state index in [2.05, 4.69) is 34.1 Å². The number of hydrogen-bond donors (Lipinski definition) is 1. The van der Waals surface area contributed by atoms with Gasteiger partial charge < -0.3 is 5.11 Å². The topological polar surface area (TPSA) is 20.2 Å². The lowest BCUT2D eigenvalue weighted by atomic mass is 9.84. The van der Waals surface area contributed by atoms with E-state index < -0.39 is 5.60 Å². The van der Waals surface area contributed by atoms with Gasteiger partial charge in [-0.15, -0.1) is 0 Å². The molecule has 110 valence electrons. The monoisotopic (exact) mass is 344 g/mol. The summed E-state index contributed by atoms with van der Waals surface area (Å²) in [5.41, 5.74) is 4.39. The zero-order valence-corrected chi connectivity index (χ0v) is 14.0. The highest BCUT2D eigenvalue weighted by molar-refractivity contribution is 9.10. The lowest BCUT2D eigenvalue weighted by Crippen LogP contribution is -2.27. The normalized spacial score (nSPS) is 16.5. The Labute approximate surface area is 135 Å². The van der Waals surface area contributed by atoms with Crippen molar-refractivity contribution in [3.8, 4) is 0 Å². The van der Waals surface area contributed by atoms with Gasteiger partial charge >= 0.3 is 0 Å². The average molecular weight is 345 g/mol. The van der Waals surface area contributed by atoms with Crippen molar-refractivity contribution < 1.29 is 5.11 Å². The summed E-state index contributed by atoms with van der Waals surface area (Å²) in [6.45, 7) is 2.05. The van der Waals surface area contributed by atoms with E-state index in [1.54, 1.807) is 0 Å². The zero-order valence-electron chi connectivity index (χ0n) is 12.4. The predicted molar refractivity (Wildman–Crippen MR) is 90.5 cm³/mol. The summed E-state index contributed by atoms with van der Waals surface area (Å²) in [6, 6.07) is 14.7. The highest BCUT2D eigenvalue weighted by atomic mass is 79.9. The summed E-state index contributed by atoms with van der Waals surface area (Å²) in [7, 11) is 0. The molecule has 2 aromatic carbocycles. The van der Waals surface area contributed by atoms with Crippen LogP contribution in [0.1, 0.15) is 42.0 Å². The third kappa shape index (κ3) is 3.07. The van der Waals surface area contributed by atoms with Crippen LogP contribution in [0, 0.1) is 0 Å². The van der Waals surface area contributed by atoms with E-state index in [4.69, 9.17) is 0 Å². The first-order valence-corrected chi connectivity index (χ1v) is 8.49. The maximum atomic E-state index is 11.1. The summed E-state index contributed by atoms with van der Waals surface area (Å²) in [6.07, 6.45) is 5.04. The Balaban J connectivity index is 1.90. The van der Waals surface area contributed by atoms with Crippen LogP contribution < -0.4 is 0 Å². The van der Waals surface area contributed by atoms with Crippen molar-refractivity contribution in [1.29, 1.82) is 0 Å². The highest BCUT2D eigenvalue weighted by Gasteiger charge is 2.28. The molecule has 0 saturated heterocycles. The second-order valence-corrected chi connectivity index (χ2v) is 6.94. The van der Waals surface area contributed by atoms with Crippen LogP contribution in [0.15, 0.2) is 46.9 Å². The van der Waals surface area contributed by atoms with E-state index in [0.717, 1.165) is 10.0 Å². The second kappa shape index (κ2) is 5.94. The lowest BCUT2D eigenvalue weighted by molar-refractivity contribution is 0.0326. The Morgan fingerprint density at radius 2 is 1.90 bits per heavy atom. The Kier molecular flexibility index (Phi) is 4.19. The first kappa shape index (κ1) is 14.8. The van der Waals surface area contributed by atoms with Crippen molar-refractivity contribution in [2.24, 2.45) is 0 Å². The second-order valence-electron chi connectivity index (χ2n) is 6.03. The molecule has 0 bridgehead atoms. The van der Waals surface area contributed by atoms with Gasteiger partial charge in [0.1, 0.15) is 0 Å². The minimum absolute atomic E-state index is 0.674. The molecule has 0 heterocycles. The number of benzene rings is 2. The molecule has 1 N–H and O–H groups in total. The van der Waals surface area contributed by atoms with Gasteiger partial charge in [-0.1, -0.05) is 53.2 Å². The van der Waals surface area contributed by atoms with E-state index in [0.29, 0.717) is 12.8 Å². The van der Waals surface area contributed by atoms with Crippen molar-refractivity contribution in [3.63, 3.8) is 0 Å². The van der Waals surface area contributed by atoms with E-state index in [-0.39, 0.29) is 0 Å². The standard InChI is InChI=1S/C19H21BrO/c1-2-19(21,17-7-4-8-18(20)12-17)13-14-9-10-15-5-3-6-16(15)11-14/h4,7-12,21H,2-3,5-6,13H2,1H3. The number of hydrogen-bond acceptors (Lipinski definition) is 1. The van der Waals surface area contributed by atoms with E-state index in [1.165, 1.54) is 36.0 Å². The molecule has 21 heavy (non-hydrogen) atoms. The van der Waals surface area contributed by atoms with Crippen LogP contribution in [0.4, 0.5) is 0 Å². The number of aliphatic hydroxyl groups is 1. The van der Waals surface area contributed by atoms with Gasteiger partial charge in [-0.25, -0.2) is 0 Å². The molecule has 1 unspecified atom stereocenters. The number of fused-ring (bicyclic) bond motifs is 1. The van der Waals surface area contributed by atoms with Crippen LogP contribution >= 0.6 is 15.9 Å². The molecule has 2 aromatic rings. The fourth-order valence-electron chi connectivity index (χ4n) is 3.28. The minimum atomic E-state index is -0.795. The van der Waals surface area contributed by atoms with Crippen LogP contribution in [0.25, 0.3) is 0 Å². The Morgan fingerprint density at radius 1 is 1.10 bits per heavy atom. The lowest BCUT2D eigenvalue weighted by Gasteiger charge is -2.28. The van der Waals surface area contributed by atoms with Gasteiger partial charge in [0.05, 0.1) is 5.60 Å². The van der Waals surface area contributed by atoms with Crippen molar-refractivity contribution in [3.05, 3.63) is 69.2 Å². The number of rotatable bonds is 4. The highest BCUT2D eigenvalue weighted by Crippen LogP contribution is 2.32. The Hall–Kier alpha value is -1.12. The quantitative estimate of drug-likeness (QED) is 0.846. The smallest absolute Gasteiger partial charge is 0.0934 e. The minimum Gasteiger partial charge on any atom is -0.385 e. The molecule has 0 saturated carbocycles. The van der Waals surface area contributed by atoms with E-state index in [9.17, 15) is 5.11 Å². The summed E-state index contributed by atoms with van der Waals surface area (Å²) in [4.78, 5) is 0. The Morgan fingerprint density at radius 3 is 2.67 bits per heavy atom. The zero-order chi connectivity index (χ0) is 14.9. The van der Waals surface area contributed by atoms with Crippen molar-refractivity contribution >= 4 is 15.9 Å². The Bertz CT molecular complexity index is 650. The van der Waals surface area contributed by atoms with Crippen LogP contribution in [-0.2, 0) is 24.9 Å². The molecule has 0 radical (unpaired) electrons. The van der Waals surface area contributed by atoms with Gasteiger partial charge in [-0.05, 0) is 60.1 Å². The van der Waals surface area contributed by atoms with Crippen molar-refractivity contribution in [1.82, 2.24) is 0 Å². The molecule has 2 heteroatoms. The first-order chi connectivity index (χ1) is 10.1. The van der Waals surface area contributed by atoms with Crippen LogP contribution in [0.2, 0.25) is 0 Å². The number of aryl methyl sites for hydroxylation is 2. The van der Waals surface area contributed by atoms with Gasteiger partial charge in [0.2, 0.25) is 0 Å². The van der Waals surface area contributed by atoms with Gasteiger partial charge in [0.25, 0.3) is 0 Å². The van der Waals surface area contributed by atoms with Crippen LogP contribution in [0.3, 0.4) is 0 Å². The van der Waals surface area contributed by atoms with Crippen molar-refractivity contribution in [2.75, 3.05) is 0 Å². The predicted octanol–water partition coefficient (Wildman–Crippen LogP) is 4.78. The fourth-order valence-corrected chi connectivity index (χ4v) is 3.68. The average Bonchev–Trinajstić information content (AvgIpc) is 2.94. The van der Waals surface area contributed by atoms with Crippen LogP contribution in [-0.4, -0.2) is 5.11 Å². The molecule has 0 spiro atoms. The fraction of sp³-hybridized carbons (Fsp3) is 0.368. The van der Waals surface area contributed by atoms with E-state index >= 15 is 0 Å². The molecular weight excluding hydrogens is 324 g/mol. The van der Waals surface area contributed by atoms with Gasteiger partial charge in [0, 0.05) is 10.9 Å². The SMILES string of the molecule is CCC(O)(Cc1ccc2c(c1)CCC2)c1cccc(Br)c1. The largest absolute Gasteiger partial charge is 0.385 e. The molecule has 1 aliphatic carbocycles. The molecule has 3 rings (SSSR count). The molecule has 0 aliphatic heterocycles. The maximum absolute atomic E-state index is 11.1. The molecule has 0 aromatic heterocycles. The maximum Gasteiger partial charge on any atom is 0.0934 e. The molecular formula is C19H21BrO. The summed E-state index contributed by atoms with van der Waals surface area (Å²) in [5.74, 6) is 0. The summed E-state index contributed by atoms with van der Waals surface area (Å²) in [5, 5.41) is 11.1. The molecule has 0 fully saturated rings. The molecule has 1 nitrogen and oxygen atoms in total. The molecule has 0 amide bonds. The number of halogens is 1. The van der Waals surface area contributed by atoms with Gasteiger partial charge in [0.15, 0.2) is 0 Å². The molecule has 1 atom stereocenters. The summed E-state index contributed by atoms with van der Waals surface area (Å²) >= 11 is 3.50. The third-order valence-corrected chi connectivity index (χ3v) is 5.10. The first-order valence-electron chi connectivity index (χ1n) is 7.70. The third-order valence-electron chi connectivity index (χ3n) is 4.61. The molecule has 1 aliphatic rings.